The summed E-state index contributed by atoms with van der Waals surface area (Å²) >= 11 is 0. The quantitative estimate of drug-likeness (QED) is 0.367. The number of ether oxygens (including phenoxy) is 3. The highest BCUT2D eigenvalue weighted by atomic mass is 32.2. The summed E-state index contributed by atoms with van der Waals surface area (Å²) in [6, 6.07) is 10.2. The number of aliphatic hydroxyl groups is 3. The first-order valence-corrected chi connectivity index (χ1v) is 12.0. The number of hydrogen-bond donors (Lipinski definition) is 5. The van der Waals surface area contributed by atoms with E-state index in [1.54, 1.807) is 42.5 Å². The first-order valence-electron chi connectivity index (χ1n) is 10.1. The number of nitrogens with one attached hydrogen (secondary N) is 2. The average Bonchev–Trinajstić information content (AvgIpc) is 2.77. The number of carbonyl (C=O) groups excluding carboxylic acids is 1. The van der Waals surface area contributed by atoms with Gasteiger partial charge in [-0.05, 0) is 29.8 Å². The van der Waals surface area contributed by atoms with Gasteiger partial charge in [0.05, 0.1) is 25.5 Å². The lowest BCUT2D eigenvalue weighted by molar-refractivity contribution is -0.162. The Bertz CT molecular complexity index is 1200. The number of rotatable bonds is 8. The molecule has 0 spiro atoms. The van der Waals surface area contributed by atoms with E-state index >= 15 is 0 Å². The lowest BCUT2D eigenvalue weighted by atomic mass is 10.0. The van der Waals surface area contributed by atoms with Gasteiger partial charge in [0.15, 0.2) is 17.6 Å². The summed E-state index contributed by atoms with van der Waals surface area (Å²) in [4.78, 5) is 11.7. The molecule has 3 rings (SSSR count). The van der Waals surface area contributed by atoms with Crippen LogP contribution < -0.4 is 19.5 Å². The van der Waals surface area contributed by atoms with Crippen LogP contribution in [0.5, 0.6) is 11.5 Å². The third-order valence-electron chi connectivity index (χ3n) is 4.86. The van der Waals surface area contributed by atoms with Crippen molar-refractivity contribution in [3.05, 3.63) is 54.0 Å². The van der Waals surface area contributed by atoms with Crippen LogP contribution >= 0.6 is 0 Å². The van der Waals surface area contributed by atoms with Gasteiger partial charge in [0.1, 0.15) is 17.6 Å². The normalized spacial score (nSPS) is 20.5. The molecule has 2 aromatic carbocycles. The fourth-order valence-corrected chi connectivity index (χ4v) is 4.04. The Kier molecular flexibility index (Phi) is 7.54. The Morgan fingerprint density at radius 2 is 1.79 bits per heavy atom. The maximum atomic E-state index is 11.7. The molecule has 0 fully saturated rings. The molecule has 12 heteroatoms. The third kappa shape index (κ3) is 5.71. The number of hydrogen-bond acceptors (Lipinski definition) is 9. The monoisotopic (exact) mass is 494 g/mol. The van der Waals surface area contributed by atoms with Crippen molar-refractivity contribution in [2.24, 2.45) is 0 Å². The zero-order valence-electron chi connectivity index (χ0n) is 18.7. The molecule has 0 radical (unpaired) electrons. The van der Waals surface area contributed by atoms with Crippen LogP contribution in [-0.4, -0.2) is 68.1 Å². The number of methoxy groups -OCH3 is 1. The number of aliphatic hydroxyl groups excluding tert-OH is 3. The number of benzene rings is 2. The minimum atomic E-state index is -3.52. The van der Waals surface area contributed by atoms with Crippen LogP contribution in [0.2, 0.25) is 0 Å². The summed E-state index contributed by atoms with van der Waals surface area (Å²) in [6.07, 6.45) is -1.57. The Balaban J connectivity index is 2.06. The minimum absolute atomic E-state index is 0.210. The SMILES string of the molecule is COc1cccc(O[C@@H]2OC(CO)C(O)=C(O)C2NC(C)=O)c1-c1cccc(NS(C)(=O)=O)c1. The van der Waals surface area contributed by atoms with Crippen LogP contribution in [0.15, 0.2) is 54.0 Å². The van der Waals surface area contributed by atoms with Gasteiger partial charge in [-0.15, -0.1) is 0 Å². The van der Waals surface area contributed by atoms with Crippen molar-refractivity contribution in [1.29, 1.82) is 0 Å². The molecule has 5 N–H and O–H groups in total. The van der Waals surface area contributed by atoms with Gasteiger partial charge in [0.25, 0.3) is 0 Å². The van der Waals surface area contributed by atoms with Gasteiger partial charge in [0.2, 0.25) is 22.2 Å². The summed E-state index contributed by atoms with van der Waals surface area (Å²) < 4.78 is 42.8. The molecule has 3 atom stereocenters. The van der Waals surface area contributed by atoms with E-state index in [1.807, 2.05) is 0 Å². The maximum Gasteiger partial charge on any atom is 0.229 e. The van der Waals surface area contributed by atoms with E-state index < -0.39 is 52.5 Å². The zero-order valence-corrected chi connectivity index (χ0v) is 19.5. The molecule has 34 heavy (non-hydrogen) atoms. The van der Waals surface area contributed by atoms with E-state index in [9.17, 15) is 28.5 Å². The molecule has 1 aliphatic heterocycles. The number of anilines is 1. The fraction of sp³-hybridized carbons (Fsp3) is 0.318. The topological polar surface area (TPSA) is 164 Å². The van der Waals surface area contributed by atoms with E-state index in [2.05, 4.69) is 10.0 Å². The van der Waals surface area contributed by atoms with Gasteiger partial charge in [0, 0.05) is 12.6 Å². The maximum absolute atomic E-state index is 11.7. The lowest BCUT2D eigenvalue weighted by Gasteiger charge is -2.35. The lowest BCUT2D eigenvalue weighted by Crippen LogP contribution is -2.53. The highest BCUT2D eigenvalue weighted by Gasteiger charge is 2.41. The first kappa shape index (κ1) is 25.1. The molecule has 0 aliphatic carbocycles. The number of amides is 1. The summed E-state index contributed by atoms with van der Waals surface area (Å²) in [5.74, 6) is -1.14. The Morgan fingerprint density at radius 1 is 1.12 bits per heavy atom. The van der Waals surface area contributed by atoms with Crippen molar-refractivity contribution < 1.29 is 42.7 Å². The predicted octanol–water partition coefficient (Wildman–Crippen LogP) is 1.66. The van der Waals surface area contributed by atoms with Gasteiger partial charge in [-0.25, -0.2) is 8.42 Å². The van der Waals surface area contributed by atoms with Crippen LogP contribution in [0.25, 0.3) is 11.1 Å². The molecule has 1 heterocycles. The second-order valence-corrected chi connectivity index (χ2v) is 9.28. The largest absolute Gasteiger partial charge is 0.506 e. The Morgan fingerprint density at radius 3 is 2.41 bits per heavy atom. The number of carbonyl (C=O) groups is 1. The van der Waals surface area contributed by atoms with Crippen molar-refractivity contribution in [3.63, 3.8) is 0 Å². The Hall–Kier alpha value is -3.48. The van der Waals surface area contributed by atoms with Crippen LogP contribution in [-0.2, 0) is 19.6 Å². The molecule has 0 aromatic heterocycles. The van der Waals surface area contributed by atoms with Gasteiger partial charge in [-0.1, -0.05) is 18.2 Å². The standard InChI is InChI=1S/C22H26N2O9S/c1-12(26)23-19-21(28)20(27)17(11-25)33-22(19)32-16-9-5-8-15(31-2)18(16)13-6-4-7-14(10-13)24-34(3,29)30/h4-10,17,19,22,24-25,27-28H,11H2,1-3H3,(H,23,26)/t17?,19?,22-/m1/s1. The van der Waals surface area contributed by atoms with Crippen LogP contribution in [0.4, 0.5) is 5.69 Å². The summed E-state index contributed by atoms with van der Waals surface area (Å²) in [7, 11) is -2.07. The number of sulfonamides is 1. The predicted molar refractivity (Wildman–Crippen MR) is 123 cm³/mol. The van der Waals surface area contributed by atoms with Crippen molar-refractivity contribution in [3.8, 4) is 22.6 Å². The van der Waals surface area contributed by atoms with Crippen LogP contribution in [0.1, 0.15) is 6.92 Å². The summed E-state index contributed by atoms with van der Waals surface area (Å²) in [5, 5.41) is 32.5. The molecule has 0 saturated heterocycles. The molecule has 0 bridgehead atoms. The van der Waals surface area contributed by atoms with E-state index in [-0.39, 0.29) is 5.75 Å². The smallest absolute Gasteiger partial charge is 0.229 e. The second kappa shape index (κ2) is 10.2. The average molecular weight is 495 g/mol. The fourth-order valence-electron chi connectivity index (χ4n) is 3.48. The van der Waals surface area contributed by atoms with Gasteiger partial charge >= 0.3 is 0 Å². The second-order valence-electron chi connectivity index (χ2n) is 7.53. The van der Waals surface area contributed by atoms with Gasteiger partial charge in [-0.3, -0.25) is 9.52 Å². The molecular weight excluding hydrogens is 468 g/mol. The molecule has 184 valence electrons. The van der Waals surface area contributed by atoms with E-state index in [4.69, 9.17) is 14.2 Å². The van der Waals surface area contributed by atoms with Crippen molar-refractivity contribution in [2.75, 3.05) is 24.7 Å². The van der Waals surface area contributed by atoms with Crippen LogP contribution in [0, 0.1) is 0 Å². The molecular formula is C22H26N2O9S. The highest BCUT2D eigenvalue weighted by molar-refractivity contribution is 7.92. The van der Waals surface area contributed by atoms with E-state index in [1.165, 1.54) is 14.0 Å². The summed E-state index contributed by atoms with van der Waals surface area (Å²) in [5.41, 5.74) is 1.29. The Labute approximate surface area is 196 Å². The van der Waals surface area contributed by atoms with E-state index in [0.717, 1.165) is 6.26 Å². The van der Waals surface area contributed by atoms with Gasteiger partial charge in [-0.2, -0.15) is 0 Å². The zero-order chi connectivity index (χ0) is 25.0. The molecule has 0 saturated carbocycles. The first-order chi connectivity index (χ1) is 16.0. The van der Waals surface area contributed by atoms with Crippen LogP contribution in [0.3, 0.4) is 0 Å². The molecule has 11 nitrogen and oxygen atoms in total. The molecule has 2 aromatic rings. The van der Waals surface area contributed by atoms with E-state index in [0.29, 0.717) is 22.6 Å². The molecule has 1 aliphatic rings. The molecule has 1 amide bonds. The molecule has 2 unspecified atom stereocenters. The summed E-state index contributed by atoms with van der Waals surface area (Å²) in [6.45, 7) is 0.573. The van der Waals surface area contributed by atoms with Crippen molar-refractivity contribution in [1.82, 2.24) is 5.32 Å². The van der Waals surface area contributed by atoms with Gasteiger partial charge < -0.3 is 34.8 Å². The highest BCUT2D eigenvalue weighted by Crippen LogP contribution is 2.40. The van der Waals surface area contributed by atoms with Crippen molar-refractivity contribution in [2.45, 2.75) is 25.4 Å². The van der Waals surface area contributed by atoms with Crippen molar-refractivity contribution >= 4 is 21.6 Å². The third-order valence-corrected chi connectivity index (χ3v) is 5.47. The minimum Gasteiger partial charge on any atom is -0.506 e.